The van der Waals surface area contributed by atoms with Gasteiger partial charge in [0.1, 0.15) is 11.5 Å². The van der Waals surface area contributed by atoms with Crippen LogP contribution in [-0.4, -0.2) is 10.9 Å². The molecule has 0 spiro atoms. The summed E-state index contributed by atoms with van der Waals surface area (Å²) in [5.41, 5.74) is -0.621. The van der Waals surface area contributed by atoms with Gasteiger partial charge in [0.25, 0.3) is 5.91 Å². The molecule has 1 amide bonds. The molecule has 2 heterocycles. The number of carbonyl (C=O) groups excluding carboxylic acids is 1. The van der Waals surface area contributed by atoms with Crippen LogP contribution in [0.25, 0.3) is 0 Å². The summed E-state index contributed by atoms with van der Waals surface area (Å²) in [5, 5.41) is 1.85. The van der Waals surface area contributed by atoms with Gasteiger partial charge in [0.2, 0.25) is 0 Å². The van der Waals surface area contributed by atoms with E-state index in [0.717, 1.165) is 23.2 Å². The molecule has 0 bridgehead atoms. The molecule has 0 radical (unpaired) electrons. The summed E-state index contributed by atoms with van der Waals surface area (Å²) in [6.07, 6.45) is -3.68. The van der Waals surface area contributed by atoms with Gasteiger partial charge < -0.3 is 4.90 Å². The SMILES string of the molecule is O=C(c1ccc(C(F)(F)F)nc1)N(Cc1cccs1)c1ccc(F)cc1. The molecule has 0 fully saturated rings. The highest BCUT2D eigenvalue weighted by Crippen LogP contribution is 2.28. The number of alkyl halides is 3. The summed E-state index contributed by atoms with van der Waals surface area (Å²) in [4.78, 5) is 18.4. The lowest BCUT2D eigenvalue weighted by Gasteiger charge is -2.22. The molecule has 0 atom stereocenters. The Kier molecular flexibility index (Phi) is 5.03. The number of anilines is 1. The maximum atomic E-state index is 13.2. The third-order valence-electron chi connectivity index (χ3n) is 3.58. The fraction of sp³-hybridized carbons (Fsp3) is 0.111. The van der Waals surface area contributed by atoms with E-state index in [0.29, 0.717) is 5.69 Å². The van der Waals surface area contributed by atoms with E-state index in [1.807, 2.05) is 17.5 Å². The van der Waals surface area contributed by atoms with Crippen molar-refractivity contribution in [2.45, 2.75) is 12.7 Å². The third-order valence-corrected chi connectivity index (χ3v) is 4.44. The molecule has 2 aromatic heterocycles. The summed E-state index contributed by atoms with van der Waals surface area (Å²) in [6.45, 7) is 0.211. The molecule has 8 heteroatoms. The standard InChI is InChI=1S/C18H12F4N2OS/c19-13-4-6-14(7-5-13)24(11-15-2-1-9-26-15)17(25)12-3-8-16(23-10-12)18(20,21)22/h1-10H,11H2. The van der Waals surface area contributed by atoms with E-state index in [9.17, 15) is 22.4 Å². The predicted octanol–water partition coefficient (Wildman–Crippen LogP) is 5.15. The van der Waals surface area contributed by atoms with Crippen molar-refractivity contribution in [2.24, 2.45) is 0 Å². The number of rotatable bonds is 4. The highest BCUT2D eigenvalue weighted by molar-refractivity contribution is 7.09. The molecule has 3 rings (SSSR count). The lowest BCUT2D eigenvalue weighted by atomic mass is 10.2. The van der Waals surface area contributed by atoms with Gasteiger partial charge >= 0.3 is 6.18 Å². The third kappa shape index (κ3) is 4.08. The zero-order valence-electron chi connectivity index (χ0n) is 13.2. The first-order chi connectivity index (χ1) is 12.3. The van der Waals surface area contributed by atoms with E-state index in [2.05, 4.69) is 4.98 Å². The number of halogens is 4. The van der Waals surface area contributed by atoms with Crippen LogP contribution < -0.4 is 4.90 Å². The molecule has 0 N–H and O–H groups in total. The van der Waals surface area contributed by atoms with Crippen LogP contribution in [0.4, 0.5) is 23.2 Å². The zero-order chi connectivity index (χ0) is 18.7. The van der Waals surface area contributed by atoms with Gasteiger partial charge in [-0.3, -0.25) is 9.78 Å². The fourth-order valence-corrected chi connectivity index (χ4v) is 3.00. The van der Waals surface area contributed by atoms with Gasteiger partial charge in [-0.25, -0.2) is 4.39 Å². The number of hydrogen-bond donors (Lipinski definition) is 0. The predicted molar refractivity (Wildman–Crippen MR) is 90.5 cm³/mol. The van der Waals surface area contributed by atoms with Gasteiger partial charge in [0.15, 0.2) is 0 Å². The van der Waals surface area contributed by atoms with Crippen molar-refractivity contribution in [1.82, 2.24) is 4.98 Å². The second-order valence-corrected chi connectivity index (χ2v) is 6.41. The summed E-state index contributed by atoms with van der Waals surface area (Å²) in [7, 11) is 0. The van der Waals surface area contributed by atoms with Crippen molar-refractivity contribution in [1.29, 1.82) is 0 Å². The smallest absolute Gasteiger partial charge is 0.303 e. The maximum absolute atomic E-state index is 13.2. The van der Waals surface area contributed by atoms with Crippen LogP contribution in [-0.2, 0) is 12.7 Å². The van der Waals surface area contributed by atoms with Crippen LogP contribution in [0.3, 0.4) is 0 Å². The minimum absolute atomic E-state index is 0.0129. The summed E-state index contributed by atoms with van der Waals surface area (Å²) < 4.78 is 51.1. The van der Waals surface area contributed by atoms with Crippen LogP contribution in [0.5, 0.6) is 0 Å². The monoisotopic (exact) mass is 380 g/mol. The lowest BCUT2D eigenvalue weighted by Crippen LogP contribution is -2.30. The number of thiophene rings is 1. The molecular formula is C18H12F4N2OS. The molecule has 0 aliphatic carbocycles. The molecule has 0 unspecified atom stereocenters. The van der Waals surface area contributed by atoms with Gasteiger partial charge in [-0.2, -0.15) is 13.2 Å². The number of amides is 1. The van der Waals surface area contributed by atoms with Crippen molar-refractivity contribution in [2.75, 3.05) is 4.90 Å². The number of nitrogens with zero attached hydrogens (tertiary/aromatic N) is 2. The van der Waals surface area contributed by atoms with Crippen LogP contribution in [0, 0.1) is 5.82 Å². The lowest BCUT2D eigenvalue weighted by molar-refractivity contribution is -0.141. The first kappa shape index (κ1) is 18.1. The quantitative estimate of drug-likeness (QED) is 0.587. The number of hydrogen-bond acceptors (Lipinski definition) is 3. The van der Waals surface area contributed by atoms with Gasteiger partial charge in [-0.15, -0.1) is 11.3 Å². The van der Waals surface area contributed by atoms with Crippen molar-refractivity contribution < 1.29 is 22.4 Å². The molecule has 0 aliphatic rings. The van der Waals surface area contributed by atoms with Crippen molar-refractivity contribution >= 4 is 22.9 Å². The summed E-state index contributed by atoms with van der Waals surface area (Å²) in [6, 6.07) is 10.8. The van der Waals surface area contributed by atoms with Gasteiger partial charge in [-0.1, -0.05) is 6.07 Å². The Morgan fingerprint density at radius 2 is 1.81 bits per heavy atom. The zero-order valence-corrected chi connectivity index (χ0v) is 14.0. The molecule has 134 valence electrons. The first-order valence-corrected chi connectivity index (χ1v) is 8.35. The Labute approximate surface area is 150 Å². The number of pyridine rings is 1. The minimum atomic E-state index is -4.57. The molecule has 3 aromatic rings. The normalized spacial score (nSPS) is 11.4. The highest BCUT2D eigenvalue weighted by Gasteiger charge is 2.32. The molecular weight excluding hydrogens is 368 g/mol. The molecule has 3 nitrogen and oxygen atoms in total. The molecule has 26 heavy (non-hydrogen) atoms. The van der Waals surface area contributed by atoms with E-state index >= 15 is 0 Å². The number of benzene rings is 1. The van der Waals surface area contributed by atoms with Crippen LogP contribution in [0.2, 0.25) is 0 Å². The Morgan fingerprint density at radius 1 is 1.08 bits per heavy atom. The molecule has 0 saturated heterocycles. The van der Waals surface area contributed by atoms with Crippen molar-refractivity contribution in [3.05, 3.63) is 82.1 Å². The number of aromatic nitrogens is 1. The van der Waals surface area contributed by atoms with E-state index < -0.39 is 23.6 Å². The summed E-state index contributed by atoms with van der Waals surface area (Å²) in [5.74, 6) is -0.972. The fourth-order valence-electron chi connectivity index (χ4n) is 2.30. The Morgan fingerprint density at radius 3 is 2.35 bits per heavy atom. The largest absolute Gasteiger partial charge is 0.433 e. The highest BCUT2D eigenvalue weighted by atomic mass is 32.1. The second-order valence-electron chi connectivity index (χ2n) is 5.38. The van der Waals surface area contributed by atoms with Gasteiger partial charge in [-0.05, 0) is 47.8 Å². The average molecular weight is 380 g/mol. The van der Waals surface area contributed by atoms with E-state index in [4.69, 9.17) is 0 Å². The van der Waals surface area contributed by atoms with E-state index in [-0.39, 0.29) is 12.1 Å². The van der Waals surface area contributed by atoms with Gasteiger partial charge in [0.05, 0.1) is 12.1 Å². The first-order valence-electron chi connectivity index (χ1n) is 7.47. The summed E-state index contributed by atoms with van der Waals surface area (Å²) >= 11 is 1.44. The topological polar surface area (TPSA) is 33.2 Å². The van der Waals surface area contributed by atoms with E-state index in [1.165, 1.54) is 40.5 Å². The number of carbonyl (C=O) groups is 1. The molecule has 0 saturated carbocycles. The minimum Gasteiger partial charge on any atom is -0.303 e. The second kappa shape index (κ2) is 7.25. The van der Waals surface area contributed by atoms with Crippen LogP contribution in [0.1, 0.15) is 20.9 Å². The van der Waals surface area contributed by atoms with Gasteiger partial charge in [0, 0.05) is 16.8 Å². The van der Waals surface area contributed by atoms with Crippen molar-refractivity contribution in [3.63, 3.8) is 0 Å². The average Bonchev–Trinajstić information content (AvgIpc) is 3.13. The Hall–Kier alpha value is -2.74. The van der Waals surface area contributed by atoms with Crippen LogP contribution in [0.15, 0.2) is 60.1 Å². The van der Waals surface area contributed by atoms with Crippen molar-refractivity contribution in [3.8, 4) is 0 Å². The molecule has 1 aromatic carbocycles. The van der Waals surface area contributed by atoms with Crippen LogP contribution >= 0.6 is 11.3 Å². The maximum Gasteiger partial charge on any atom is 0.433 e. The molecule has 0 aliphatic heterocycles. The Bertz CT molecular complexity index is 875. The van der Waals surface area contributed by atoms with E-state index in [1.54, 1.807) is 0 Å². The Balaban J connectivity index is 1.92.